The molecule has 4 heteroatoms. The topological polar surface area (TPSA) is 19.7 Å². The summed E-state index contributed by atoms with van der Waals surface area (Å²) >= 11 is 0. The zero-order chi connectivity index (χ0) is 36.7. The number of hydrogen-bond acceptors (Lipinski definition) is 0. The third-order valence-corrected chi connectivity index (χ3v) is 11.6. The Morgan fingerprint density at radius 3 is 1.16 bits per heavy atom. The van der Waals surface area contributed by atoms with E-state index in [1.807, 2.05) is 0 Å². The Balaban J connectivity index is 1.20. The monoisotopic (exact) mass is 714 g/mol. The van der Waals surface area contributed by atoms with E-state index in [4.69, 9.17) is 0 Å². The molecule has 12 aromatic rings. The predicted molar refractivity (Wildman–Crippen MR) is 234 cm³/mol. The molecule has 0 saturated carbocycles. The molecule has 0 N–H and O–H groups in total. The fraction of sp³-hybridized carbons (Fsp3) is 0. The normalized spacial score (nSPS) is 11.9. The lowest BCUT2D eigenvalue weighted by Gasteiger charge is -2.16. The van der Waals surface area contributed by atoms with Crippen LogP contribution in [0.5, 0.6) is 0 Å². The van der Waals surface area contributed by atoms with Gasteiger partial charge in [0, 0.05) is 67.5 Å². The van der Waals surface area contributed by atoms with E-state index in [2.05, 4.69) is 225 Å². The van der Waals surface area contributed by atoms with E-state index in [1.54, 1.807) is 0 Å². The molecule has 12 rings (SSSR count). The van der Waals surface area contributed by atoms with Crippen molar-refractivity contribution in [2.75, 3.05) is 0 Å². The van der Waals surface area contributed by atoms with E-state index in [1.165, 1.54) is 71.0 Å². The van der Waals surface area contributed by atoms with Crippen LogP contribution in [0.2, 0.25) is 0 Å². The molecule has 0 atom stereocenters. The van der Waals surface area contributed by atoms with Crippen molar-refractivity contribution >= 4 is 65.4 Å². The highest BCUT2D eigenvalue weighted by molar-refractivity contribution is 6.20. The van der Waals surface area contributed by atoms with Crippen LogP contribution < -0.4 is 0 Å². The molecule has 0 aliphatic rings. The largest absolute Gasteiger partial charge is 0.316 e. The summed E-state index contributed by atoms with van der Waals surface area (Å²) < 4.78 is 9.59. The van der Waals surface area contributed by atoms with Crippen LogP contribution in [-0.2, 0) is 0 Å². The number of benzene rings is 8. The third kappa shape index (κ3) is 4.47. The Morgan fingerprint density at radius 1 is 0.250 bits per heavy atom. The van der Waals surface area contributed by atoms with Gasteiger partial charge in [-0.05, 0) is 90.0 Å². The fourth-order valence-electron chi connectivity index (χ4n) is 9.17. The SMILES string of the molecule is c1ccc(-c2cc(-n3c4ccccc4c4ccc5c(ccn5-c5ccccc5)c43)cc(-n3c4ccccc4c4ccc5c(ccn5-c5ccccc5)c43)c2)cc1. The van der Waals surface area contributed by atoms with Crippen molar-refractivity contribution < 1.29 is 0 Å². The molecule has 4 heterocycles. The third-order valence-electron chi connectivity index (χ3n) is 11.6. The number of nitrogens with zero attached hydrogens (tertiary/aromatic N) is 4. The van der Waals surface area contributed by atoms with E-state index in [-0.39, 0.29) is 0 Å². The van der Waals surface area contributed by atoms with Gasteiger partial charge < -0.3 is 18.3 Å². The quantitative estimate of drug-likeness (QED) is 0.169. The second-order valence-electron chi connectivity index (χ2n) is 14.6. The van der Waals surface area contributed by atoms with Gasteiger partial charge in [-0.3, -0.25) is 0 Å². The van der Waals surface area contributed by atoms with E-state index in [0.717, 1.165) is 28.3 Å². The Bertz CT molecular complexity index is 3240. The minimum absolute atomic E-state index is 1.12. The van der Waals surface area contributed by atoms with Crippen LogP contribution in [0.25, 0.3) is 99.3 Å². The summed E-state index contributed by atoms with van der Waals surface area (Å²) in [4.78, 5) is 0. The molecule has 0 radical (unpaired) electrons. The van der Waals surface area contributed by atoms with Gasteiger partial charge in [0.25, 0.3) is 0 Å². The minimum Gasteiger partial charge on any atom is -0.316 e. The highest BCUT2D eigenvalue weighted by Crippen LogP contribution is 2.42. The summed E-state index contributed by atoms with van der Waals surface area (Å²) in [6.45, 7) is 0. The Labute approximate surface area is 322 Å². The van der Waals surface area contributed by atoms with Crippen LogP contribution >= 0.6 is 0 Å². The summed E-state index contributed by atoms with van der Waals surface area (Å²) in [7, 11) is 0. The van der Waals surface area contributed by atoms with Gasteiger partial charge in [-0.2, -0.15) is 0 Å². The second-order valence-corrected chi connectivity index (χ2v) is 14.6. The Kier molecular flexibility index (Phi) is 6.60. The van der Waals surface area contributed by atoms with E-state index < -0.39 is 0 Å². The van der Waals surface area contributed by atoms with Crippen LogP contribution in [0.1, 0.15) is 0 Å². The lowest BCUT2D eigenvalue weighted by molar-refractivity contribution is 1.13. The van der Waals surface area contributed by atoms with Crippen molar-refractivity contribution in [1.82, 2.24) is 18.3 Å². The lowest BCUT2D eigenvalue weighted by Crippen LogP contribution is -2.01. The molecule has 0 amide bonds. The molecule has 0 unspecified atom stereocenters. The van der Waals surface area contributed by atoms with Crippen molar-refractivity contribution in [3.05, 3.63) is 207 Å². The van der Waals surface area contributed by atoms with E-state index >= 15 is 0 Å². The summed E-state index contributed by atoms with van der Waals surface area (Å²) in [6, 6.07) is 70.6. The number of rotatable bonds is 5. The van der Waals surface area contributed by atoms with Crippen LogP contribution in [0, 0.1) is 0 Å². The van der Waals surface area contributed by atoms with E-state index in [9.17, 15) is 0 Å². The summed E-state index contributed by atoms with van der Waals surface area (Å²) in [5, 5.41) is 7.40. The molecule has 0 aliphatic heterocycles. The van der Waals surface area contributed by atoms with Crippen LogP contribution in [0.3, 0.4) is 0 Å². The second kappa shape index (κ2) is 12.0. The van der Waals surface area contributed by atoms with Crippen molar-refractivity contribution in [1.29, 1.82) is 0 Å². The molecule has 4 aromatic heterocycles. The summed E-state index contributed by atoms with van der Waals surface area (Å²) in [5.41, 5.74) is 14.0. The van der Waals surface area contributed by atoms with Gasteiger partial charge in [0.2, 0.25) is 0 Å². The zero-order valence-electron chi connectivity index (χ0n) is 30.4. The summed E-state index contributed by atoms with van der Waals surface area (Å²) in [6.07, 6.45) is 4.41. The first-order valence-electron chi connectivity index (χ1n) is 19.2. The highest BCUT2D eigenvalue weighted by Gasteiger charge is 2.21. The first-order valence-corrected chi connectivity index (χ1v) is 19.2. The number of aromatic nitrogens is 4. The van der Waals surface area contributed by atoms with Gasteiger partial charge in [-0.25, -0.2) is 0 Å². The van der Waals surface area contributed by atoms with Crippen LogP contribution in [0.4, 0.5) is 0 Å². The molecule has 0 bridgehead atoms. The highest BCUT2D eigenvalue weighted by atomic mass is 15.0. The smallest absolute Gasteiger partial charge is 0.0635 e. The minimum atomic E-state index is 1.12. The molecule has 0 fully saturated rings. The number of fused-ring (bicyclic) bond motifs is 10. The zero-order valence-corrected chi connectivity index (χ0v) is 30.4. The maximum Gasteiger partial charge on any atom is 0.0635 e. The maximum absolute atomic E-state index is 2.49. The Hall–Kier alpha value is -7.56. The average molecular weight is 715 g/mol. The number of hydrogen-bond donors (Lipinski definition) is 0. The standard InChI is InChI=1S/C52H34N4/c1-4-14-35(15-5-1)36-32-39(55-49-22-12-10-20-41(49)43-24-26-47-45(51(43)55)28-30-53(47)37-16-6-2-7-17-37)34-40(33-36)56-50-23-13-11-21-42(50)44-25-27-48-46(52(44)56)29-31-54(48)38-18-8-3-9-19-38/h1-34H. The van der Waals surface area contributed by atoms with Crippen LogP contribution in [0.15, 0.2) is 207 Å². The van der Waals surface area contributed by atoms with Gasteiger partial charge in [0.05, 0.1) is 33.1 Å². The molecule has 0 aliphatic carbocycles. The van der Waals surface area contributed by atoms with Gasteiger partial charge >= 0.3 is 0 Å². The molecule has 0 spiro atoms. The van der Waals surface area contributed by atoms with Crippen molar-refractivity contribution in [2.24, 2.45) is 0 Å². The van der Waals surface area contributed by atoms with Gasteiger partial charge in [-0.15, -0.1) is 0 Å². The Morgan fingerprint density at radius 2 is 0.679 bits per heavy atom. The molecule has 56 heavy (non-hydrogen) atoms. The van der Waals surface area contributed by atoms with Gasteiger partial charge in [-0.1, -0.05) is 115 Å². The molecule has 262 valence electrons. The fourth-order valence-corrected chi connectivity index (χ4v) is 9.17. The maximum atomic E-state index is 2.49. The molecule has 0 saturated heterocycles. The van der Waals surface area contributed by atoms with Crippen molar-refractivity contribution in [2.45, 2.75) is 0 Å². The van der Waals surface area contributed by atoms with Crippen LogP contribution in [-0.4, -0.2) is 18.3 Å². The average Bonchev–Trinajstić information content (AvgIpc) is 4.05. The van der Waals surface area contributed by atoms with Gasteiger partial charge in [0.15, 0.2) is 0 Å². The van der Waals surface area contributed by atoms with Crippen molar-refractivity contribution in [3.8, 4) is 33.9 Å². The summed E-state index contributed by atoms with van der Waals surface area (Å²) in [5.74, 6) is 0. The molecule has 4 nitrogen and oxygen atoms in total. The molecule has 8 aromatic carbocycles. The lowest BCUT2D eigenvalue weighted by atomic mass is 10.0. The molecular weight excluding hydrogens is 681 g/mol. The van der Waals surface area contributed by atoms with Gasteiger partial charge in [0.1, 0.15) is 0 Å². The van der Waals surface area contributed by atoms with Crippen molar-refractivity contribution in [3.63, 3.8) is 0 Å². The first-order chi connectivity index (χ1) is 27.8. The first kappa shape index (κ1) is 30.9. The van der Waals surface area contributed by atoms with E-state index in [0.29, 0.717) is 0 Å². The molecular formula is C52H34N4. The number of para-hydroxylation sites is 4. The predicted octanol–water partition coefficient (Wildman–Crippen LogP) is 13.4.